The fourth-order valence-electron chi connectivity index (χ4n) is 3.47. The zero-order valence-corrected chi connectivity index (χ0v) is 18.4. The zero-order valence-electron chi connectivity index (χ0n) is 17.6. The molecule has 33 heavy (non-hydrogen) atoms. The Morgan fingerprint density at radius 1 is 0.970 bits per heavy atom. The number of thiophene rings is 1. The van der Waals surface area contributed by atoms with Gasteiger partial charge in [0.1, 0.15) is 18.2 Å². The third-order valence-corrected chi connectivity index (χ3v) is 6.12. The molecule has 5 aromatic rings. The van der Waals surface area contributed by atoms with Crippen molar-refractivity contribution in [2.45, 2.75) is 13.2 Å². The predicted molar refractivity (Wildman–Crippen MR) is 128 cm³/mol. The number of nitrogens with one attached hydrogen (secondary N) is 1. The smallest absolute Gasteiger partial charge is 0.266 e. The molecule has 0 unspecified atom stereocenters. The molecule has 7 heteroatoms. The highest BCUT2D eigenvalue weighted by Crippen LogP contribution is 2.23. The van der Waals surface area contributed by atoms with Gasteiger partial charge < -0.3 is 10.1 Å². The van der Waals surface area contributed by atoms with E-state index in [0.717, 1.165) is 22.3 Å². The first-order valence-electron chi connectivity index (χ1n) is 10.4. The summed E-state index contributed by atoms with van der Waals surface area (Å²) >= 11 is 1.36. The van der Waals surface area contributed by atoms with Crippen LogP contribution < -0.4 is 10.1 Å². The first kappa shape index (κ1) is 20.9. The minimum atomic E-state index is -0.273. The lowest BCUT2D eigenvalue weighted by atomic mass is 10.1. The van der Waals surface area contributed by atoms with Gasteiger partial charge in [-0.05, 0) is 52.0 Å². The summed E-state index contributed by atoms with van der Waals surface area (Å²) in [7, 11) is 0. The van der Waals surface area contributed by atoms with Gasteiger partial charge in [-0.3, -0.25) is 9.48 Å². The number of halogens is 1. The van der Waals surface area contributed by atoms with E-state index in [1.165, 1.54) is 28.9 Å². The van der Waals surface area contributed by atoms with Gasteiger partial charge in [0.2, 0.25) is 0 Å². The average Bonchev–Trinajstić information content (AvgIpc) is 3.49. The van der Waals surface area contributed by atoms with E-state index in [0.29, 0.717) is 23.8 Å². The molecular formula is C26H20FN3O2S. The molecule has 0 saturated heterocycles. The van der Waals surface area contributed by atoms with Gasteiger partial charge in [-0.1, -0.05) is 42.5 Å². The number of carbonyl (C=O) groups excluding carboxylic acids is 1. The van der Waals surface area contributed by atoms with Gasteiger partial charge in [-0.2, -0.15) is 5.10 Å². The van der Waals surface area contributed by atoms with E-state index in [9.17, 15) is 9.18 Å². The van der Waals surface area contributed by atoms with Crippen LogP contribution >= 0.6 is 11.3 Å². The molecule has 1 N–H and O–H groups in total. The van der Waals surface area contributed by atoms with Crippen LogP contribution in [0.3, 0.4) is 0 Å². The summed E-state index contributed by atoms with van der Waals surface area (Å²) < 4.78 is 20.7. The molecular weight excluding hydrogens is 437 g/mol. The van der Waals surface area contributed by atoms with Crippen molar-refractivity contribution in [2.24, 2.45) is 0 Å². The quantitative estimate of drug-likeness (QED) is 0.320. The lowest BCUT2D eigenvalue weighted by Gasteiger charge is -2.06. The summed E-state index contributed by atoms with van der Waals surface area (Å²) in [5.74, 6) is 0.760. The van der Waals surface area contributed by atoms with Crippen LogP contribution in [0.1, 0.15) is 20.8 Å². The third-order valence-electron chi connectivity index (χ3n) is 5.14. The summed E-state index contributed by atoms with van der Waals surface area (Å²) in [6.45, 7) is 0.875. The van der Waals surface area contributed by atoms with Gasteiger partial charge in [0.25, 0.3) is 5.91 Å². The van der Waals surface area contributed by atoms with Gasteiger partial charge in [-0.25, -0.2) is 4.39 Å². The number of nitrogens with zero attached hydrogens (tertiary/aromatic N) is 2. The molecule has 0 aliphatic carbocycles. The number of aromatic nitrogens is 2. The van der Waals surface area contributed by atoms with Crippen LogP contribution in [-0.4, -0.2) is 15.7 Å². The zero-order chi connectivity index (χ0) is 22.6. The molecule has 164 valence electrons. The highest BCUT2D eigenvalue weighted by atomic mass is 32.1. The molecule has 0 fully saturated rings. The highest BCUT2D eigenvalue weighted by molar-refractivity contribution is 7.12. The molecule has 0 aliphatic heterocycles. The van der Waals surface area contributed by atoms with E-state index in [4.69, 9.17) is 4.74 Å². The Balaban J connectivity index is 1.18. The van der Waals surface area contributed by atoms with E-state index in [1.54, 1.807) is 29.1 Å². The van der Waals surface area contributed by atoms with E-state index < -0.39 is 0 Å². The van der Waals surface area contributed by atoms with Crippen LogP contribution in [0.5, 0.6) is 5.75 Å². The van der Waals surface area contributed by atoms with Crippen molar-refractivity contribution in [2.75, 3.05) is 5.32 Å². The second-order valence-electron chi connectivity index (χ2n) is 7.60. The predicted octanol–water partition coefficient (Wildman–Crippen LogP) is 6.12. The monoisotopic (exact) mass is 457 g/mol. The number of rotatable bonds is 7. The van der Waals surface area contributed by atoms with Gasteiger partial charge in [-0.15, -0.1) is 11.3 Å². The summed E-state index contributed by atoms with van der Waals surface area (Å²) in [5, 5.41) is 11.4. The Morgan fingerprint density at radius 3 is 2.64 bits per heavy atom. The lowest BCUT2D eigenvalue weighted by Crippen LogP contribution is -2.11. The molecule has 0 spiro atoms. The van der Waals surface area contributed by atoms with Crippen LogP contribution in [0.25, 0.3) is 10.8 Å². The molecule has 5 nitrogen and oxygen atoms in total. The molecule has 2 aromatic heterocycles. The molecule has 5 rings (SSSR count). The molecule has 0 radical (unpaired) electrons. The van der Waals surface area contributed by atoms with Crippen LogP contribution in [0.4, 0.5) is 10.2 Å². The third kappa shape index (κ3) is 5.10. The molecule has 0 atom stereocenters. The number of anilines is 1. The van der Waals surface area contributed by atoms with Crippen LogP contribution in [-0.2, 0) is 13.2 Å². The summed E-state index contributed by atoms with van der Waals surface area (Å²) in [5.41, 5.74) is 1.85. The lowest BCUT2D eigenvalue weighted by molar-refractivity contribution is 0.103. The second-order valence-corrected chi connectivity index (χ2v) is 8.51. The van der Waals surface area contributed by atoms with E-state index in [-0.39, 0.29) is 11.7 Å². The number of fused-ring (bicyclic) bond motifs is 1. The number of carbonyl (C=O) groups is 1. The number of benzene rings is 3. The molecule has 0 saturated carbocycles. The summed E-state index contributed by atoms with van der Waals surface area (Å²) in [4.78, 5) is 13.2. The Morgan fingerprint density at radius 2 is 1.79 bits per heavy atom. The van der Waals surface area contributed by atoms with Gasteiger partial charge in [0.15, 0.2) is 5.82 Å². The SMILES string of the molecule is O=C(Nc1ccn(Cc2ccc(F)cc2)n1)c1cc(COc2ccc3ccccc3c2)cs1. The second kappa shape index (κ2) is 9.26. The Labute approximate surface area is 194 Å². The first-order chi connectivity index (χ1) is 16.1. The molecule has 1 amide bonds. The number of amides is 1. The van der Waals surface area contributed by atoms with E-state index in [1.807, 2.05) is 41.8 Å². The van der Waals surface area contributed by atoms with Crippen LogP contribution in [0.2, 0.25) is 0 Å². The maximum absolute atomic E-state index is 13.1. The summed E-state index contributed by atoms with van der Waals surface area (Å²) in [6, 6.07) is 23.9. The Hall–Kier alpha value is -3.97. The molecule has 2 heterocycles. The summed E-state index contributed by atoms with van der Waals surface area (Å²) in [6.07, 6.45) is 1.77. The van der Waals surface area contributed by atoms with Crippen LogP contribution in [0.15, 0.2) is 90.4 Å². The number of hydrogen-bond donors (Lipinski definition) is 1. The maximum Gasteiger partial charge on any atom is 0.266 e. The minimum absolute atomic E-state index is 0.219. The Bertz CT molecular complexity index is 1410. The van der Waals surface area contributed by atoms with Crippen molar-refractivity contribution >= 4 is 33.8 Å². The Kier molecular flexibility index (Phi) is 5.87. The van der Waals surface area contributed by atoms with Crippen molar-refractivity contribution < 1.29 is 13.9 Å². The van der Waals surface area contributed by atoms with Crippen molar-refractivity contribution in [1.82, 2.24) is 9.78 Å². The highest BCUT2D eigenvalue weighted by Gasteiger charge is 2.12. The van der Waals surface area contributed by atoms with Gasteiger partial charge >= 0.3 is 0 Å². The molecule has 0 aliphatic rings. The van der Waals surface area contributed by atoms with Crippen molar-refractivity contribution in [3.63, 3.8) is 0 Å². The average molecular weight is 458 g/mol. The van der Waals surface area contributed by atoms with E-state index >= 15 is 0 Å². The topological polar surface area (TPSA) is 56.2 Å². The van der Waals surface area contributed by atoms with Gasteiger partial charge in [0, 0.05) is 17.8 Å². The van der Waals surface area contributed by atoms with Crippen LogP contribution in [0, 0.1) is 5.82 Å². The molecule has 3 aromatic carbocycles. The minimum Gasteiger partial charge on any atom is -0.489 e. The number of hydrogen-bond acceptors (Lipinski definition) is 4. The van der Waals surface area contributed by atoms with Gasteiger partial charge in [0.05, 0.1) is 11.4 Å². The standard InChI is InChI=1S/C26H20FN3O2S/c27-22-8-5-18(6-9-22)15-30-12-11-25(29-30)28-26(31)24-13-19(17-33-24)16-32-23-10-7-20-3-1-2-4-21(20)14-23/h1-14,17H,15-16H2,(H,28,29,31). The van der Waals surface area contributed by atoms with Crippen molar-refractivity contribution in [1.29, 1.82) is 0 Å². The van der Waals surface area contributed by atoms with Crippen molar-refractivity contribution in [3.8, 4) is 5.75 Å². The van der Waals surface area contributed by atoms with E-state index in [2.05, 4.69) is 22.5 Å². The fraction of sp³-hybridized carbons (Fsp3) is 0.0769. The fourth-order valence-corrected chi connectivity index (χ4v) is 4.26. The maximum atomic E-state index is 13.1. The normalized spacial score (nSPS) is 10.9. The largest absolute Gasteiger partial charge is 0.489 e. The first-order valence-corrected chi connectivity index (χ1v) is 11.3. The number of ether oxygens (including phenoxy) is 1. The molecule has 0 bridgehead atoms. The van der Waals surface area contributed by atoms with Crippen molar-refractivity contribution in [3.05, 3.63) is 112 Å².